The van der Waals surface area contributed by atoms with Crippen LogP contribution in [0.5, 0.6) is 5.75 Å². The van der Waals surface area contributed by atoms with Crippen molar-refractivity contribution in [1.29, 1.82) is 0 Å². The van der Waals surface area contributed by atoms with Crippen LogP contribution in [0.25, 0.3) is 0 Å². The molecule has 1 unspecified atom stereocenters. The summed E-state index contributed by atoms with van der Waals surface area (Å²) in [5.74, 6) is 0.889. The second-order valence-corrected chi connectivity index (χ2v) is 4.95. The minimum absolute atomic E-state index is 0.104. The van der Waals surface area contributed by atoms with Crippen molar-refractivity contribution >= 4 is 5.91 Å². The molecule has 0 saturated heterocycles. The molecule has 4 nitrogen and oxygen atoms in total. The molecule has 1 amide bonds. The van der Waals surface area contributed by atoms with Gasteiger partial charge in [-0.3, -0.25) is 4.79 Å². The van der Waals surface area contributed by atoms with Gasteiger partial charge in [0.2, 0.25) is 5.91 Å². The van der Waals surface area contributed by atoms with Crippen LogP contribution in [0.2, 0.25) is 0 Å². The smallest absolute Gasteiger partial charge is 0.226 e. The largest absolute Gasteiger partial charge is 0.496 e. The van der Waals surface area contributed by atoms with Crippen molar-refractivity contribution in [2.24, 2.45) is 11.7 Å². The third kappa shape index (κ3) is 4.24. The third-order valence-corrected chi connectivity index (χ3v) is 3.35. The summed E-state index contributed by atoms with van der Waals surface area (Å²) in [4.78, 5) is 13.6. The maximum absolute atomic E-state index is 11.9. The molecule has 0 aromatic heterocycles. The van der Waals surface area contributed by atoms with E-state index in [1.165, 1.54) is 5.56 Å². The highest BCUT2D eigenvalue weighted by Crippen LogP contribution is 2.18. The lowest BCUT2D eigenvalue weighted by Gasteiger charge is -2.20. The number of carbonyl (C=O) groups excluding carboxylic acids is 1. The number of benzene rings is 1. The van der Waals surface area contributed by atoms with Crippen molar-refractivity contribution in [2.75, 3.05) is 27.2 Å². The SMILES string of the molecule is COc1ccc(CCN(C)C(=O)C(C)CN)cc1C. The molecule has 0 spiro atoms. The van der Waals surface area contributed by atoms with Gasteiger partial charge in [0.05, 0.1) is 7.11 Å². The summed E-state index contributed by atoms with van der Waals surface area (Å²) in [6.45, 7) is 4.98. The van der Waals surface area contributed by atoms with Crippen LogP contribution in [0.4, 0.5) is 0 Å². The summed E-state index contributed by atoms with van der Waals surface area (Å²) in [7, 11) is 3.49. The molecule has 4 heteroatoms. The highest BCUT2D eigenvalue weighted by molar-refractivity contribution is 5.78. The van der Waals surface area contributed by atoms with Gasteiger partial charge in [-0.1, -0.05) is 19.1 Å². The van der Waals surface area contributed by atoms with Crippen molar-refractivity contribution in [2.45, 2.75) is 20.3 Å². The summed E-state index contributed by atoms with van der Waals surface area (Å²) in [5, 5.41) is 0. The number of amides is 1. The molecular weight excluding hydrogens is 240 g/mol. The molecule has 1 aromatic rings. The maximum Gasteiger partial charge on any atom is 0.226 e. The second-order valence-electron chi connectivity index (χ2n) is 4.95. The fraction of sp³-hybridized carbons (Fsp3) is 0.533. The molecule has 0 heterocycles. The fourth-order valence-corrected chi connectivity index (χ4v) is 1.98. The van der Waals surface area contributed by atoms with E-state index >= 15 is 0 Å². The van der Waals surface area contributed by atoms with Crippen molar-refractivity contribution in [3.63, 3.8) is 0 Å². The Morgan fingerprint density at radius 1 is 1.47 bits per heavy atom. The third-order valence-electron chi connectivity index (χ3n) is 3.35. The molecule has 0 saturated carbocycles. The molecular formula is C15H24N2O2. The van der Waals surface area contributed by atoms with Gasteiger partial charge in [-0.05, 0) is 30.5 Å². The van der Waals surface area contributed by atoms with E-state index in [2.05, 4.69) is 6.07 Å². The van der Waals surface area contributed by atoms with E-state index in [4.69, 9.17) is 10.5 Å². The molecule has 1 rings (SSSR count). The first-order valence-corrected chi connectivity index (χ1v) is 6.58. The zero-order chi connectivity index (χ0) is 14.4. The van der Waals surface area contributed by atoms with Crippen LogP contribution in [0, 0.1) is 12.8 Å². The van der Waals surface area contributed by atoms with Crippen molar-refractivity contribution in [3.8, 4) is 5.75 Å². The monoisotopic (exact) mass is 264 g/mol. The van der Waals surface area contributed by atoms with Gasteiger partial charge in [0.1, 0.15) is 5.75 Å². The first-order valence-electron chi connectivity index (χ1n) is 6.58. The van der Waals surface area contributed by atoms with Crippen LogP contribution >= 0.6 is 0 Å². The van der Waals surface area contributed by atoms with Crippen molar-refractivity contribution in [3.05, 3.63) is 29.3 Å². The highest BCUT2D eigenvalue weighted by atomic mass is 16.5. The number of carbonyl (C=O) groups is 1. The lowest BCUT2D eigenvalue weighted by molar-refractivity contribution is -0.133. The number of ether oxygens (including phenoxy) is 1. The van der Waals surface area contributed by atoms with E-state index < -0.39 is 0 Å². The minimum atomic E-state index is -0.109. The summed E-state index contributed by atoms with van der Waals surface area (Å²) < 4.78 is 5.23. The summed E-state index contributed by atoms with van der Waals surface area (Å²) in [5.41, 5.74) is 7.83. The molecule has 0 fully saturated rings. The van der Waals surface area contributed by atoms with Gasteiger partial charge in [-0.15, -0.1) is 0 Å². The number of methoxy groups -OCH3 is 1. The van der Waals surface area contributed by atoms with Gasteiger partial charge in [0.15, 0.2) is 0 Å². The van der Waals surface area contributed by atoms with Gasteiger partial charge in [-0.2, -0.15) is 0 Å². The predicted octanol–water partition coefficient (Wildman–Crippen LogP) is 1.60. The number of likely N-dealkylation sites (N-methyl/N-ethyl adjacent to an activating group) is 1. The van der Waals surface area contributed by atoms with E-state index in [-0.39, 0.29) is 11.8 Å². The minimum Gasteiger partial charge on any atom is -0.496 e. The number of hydrogen-bond acceptors (Lipinski definition) is 3. The molecule has 2 N–H and O–H groups in total. The number of hydrogen-bond donors (Lipinski definition) is 1. The van der Waals surface area contributed by atoms with Crippen molar-refractivity contribution < 1.29 is 9.53 Å². The number of aryl methyl sites for hydroxylation is 1. The van der Waals surface area contributed by atoms with Gasteiger partial charge in [0.25, 0.3) is 0 Å². The number of rotatable bonds is 6. The van der Waals surface area contributed by atoms with Gasteiger partial charge < -0.3 is 15.4 Å². The van der Waals surface area contributed by atoms with Crippen LogP contribution in [-0.4, -0.2) is 38.1 Å². The van der Waals surface area contributed by atoms with Gasteiger partial charge in [-0.25, -0.2) is 0 Å². The molecule has 19 heavy (non-hydrogen) atoms. The predicted molar refractivity (Wildman–Crippen MR) is 77.3 cm³/mol. The quantitative estimate of drug-likeness (QED) is 0.849. The van der Waals surface area contributed by atoms with E-state index in [9.17, 15) is 4.79 Å². The Hall–Kier alpha value is -1.55. The van der Waals surface area contributed by atoms with Crippen LogP contribution in [-0.2, 0) is 11.2 Å². The second kappa shape index (κ2) is 7.14. The van der Waals surface area contributed by atoms with Crippen LogP contribution < -0.4 is 10.5 Å². The molecule has 0 aliphatic rings. The van der Waals surface area contributed by atoms with E-state index in [1.54, 1.807) is 12.0 Å². The van der Waals surface area contributed by atoms with E-state index in [0.29, 0.717) is 13.1 Å². The highest BCUT2D eigenvalue weighted by Gasteiger charge is 2.15. The Morgan fingerprint density at radius 3 is 2.68 bits per heavy atom. The van der Waals surface area contributed by atoms with Gasteiger partial charge in [0, 0.05) is 26.1 Å². The molecule has 0 bridgehead atoms. The van der Waals surface area contributed by atoms with Crippen LogP contribution in [0.1, 0.15) is 18.1 Å². The lowest BCUT2D eigenvalue weighted by atomic mass is 10.1. The zero-order valence-corrected chi connectivity index (χ0v) is 12.3. The average Bonchev–Trinajstić information content (AvgIpc) is 2.43. The Bertz CT molecular complexity index is 432. The summed E-state index contributed by atoms with van der Waals surface area (Å²) in [6, 6.07) is 6.11. The molecule has 1 atom stereocenters. The Balaban J connectivity index is 2.57. The number of nitrogens with two attached hydrogens (primary N) is 1. The van der Waals surface area contributed by atoms with Gasteiger partial charge >= 0.3 is 0 Å². The van der Waals surface area contributed by atoms with Crippen molar-refractivity contribution in [1.82, 2.24) is 4.90 Å². The standard InChI is InChI=1S/C15H24N2O2/c1-11-9-13(5-6-14(11)19-4)7-8-17(3)15(18)12(2)10-16/h5-6,9,12H,7-8,10,16H2,1-4H3. The Kier molecular flexibility index (Phi) is 5.83. The molecule has 0 radical (unpaired) electrons. The molecule has 1 aromatic carbocycles. The first kappa shape index (κ1) is 15.5. The molecule has 0 aliphatic heterocycles. The fourth-order valence-electron chi connectivity index (χ4n) is 1.98. The molecule has 0 aliphatic carbocycles. The lowest BCUT2D eigenvalue weighted by Crippen LogP contribution is -2.36. The summed E-state index contributed by atoms with van der Waals surface area (Å²) in [6.07, 6.45) is 0.838. The topological polar surface area (TPSA) is 55.6 Å². The maximum atomic E-state index is 11.9. The Morgan fingerprint density at radius 2 is 2.16 bits per heavy atom. The zero-order valence-electron chi connectivity index (χ0n) is 12.3. The first-order chi connectivity index (χ1) is 8.99. The van der Waals surface area contributed by atoms with Crippen LogP contribution in [0.3, 0.4) is 0 Å². The normalized spacial score (nSPS) is 12.1. The van der Waals surface area contributed by atoms with E-state index in [1.807, 2.05) is 33.0 Å². The Labute approximate surface area is 115 Å². The van der Waals surface area contributed by atoms with E-state index in [0.717, 1.165) is 17.7 Å². The summed E-state index contributed by atoms with van der Waals surface area (Å²) >= 11 is 0. The van der Waals surface area contributed by atoms with Crippen LogP contribution in [0.15, 0.2) is 18.2 Å². The average molecular weight is 264 g/mol. The molecule has 106 valence electrons. The number of nitrogens with zero attached hydrogens (tertiary/aromatic N) is 1.